The SMILES string of the molecule is CC(C)CCC[C@@H](C)[C@H]1CC[C@H]2[C@@H]3CC=C4C[C@@H](OC(=O)NCCN)CC[C@]4(C)[C@H]3CC[C@]12C.[NaH]. The fourth-order valence-corrected chi connectivity index (χ4v) is 9.12. The van der Waals surface area contributed by atoms with Crippen LogP contribution in [-0.2, 0) is 4.74 Å². The molecule has 0 aromatic rings. The van der Waals surface area contributed by atoms with Gasteiger partial charge < -0.3 is 15.8 Å². The summed E-state index contributed by atoms with van der Waals surface area (Å²) < 4.78 is 5.75. The van der Waals surface area contributed by atoms with Crippen molar-refractivity contribution in [3.63, 3.8) is 0 Å². The van der Waals surface area contributed by atoms with Crippen molar-refractivity contribution in [3.8, 4) is 0 Å². The fourth-order valence-electron chi connectivity index (χ4n) is 9.12. The predicted octanol–water partition coefficient (Wildman–Crippen LogP) is 6.43. The van der Waals surface area contributed by atoms with Crippen LogP contribution >= 0.6 is 0 Å². The van der Waals surface area contributed by atoms with E-state index in [4.69, 9.17) is 10.5 Å². The second-order valence-corrected chi connectivity index (χ2v) is 13.3. The minimum absolute atomic E-state index is 0. The number of nitrogens with one attached hydrogen (secondary N) is 1. The Balaban J connectivity index is 0.00000342. The molecule has 3 saturated carbocycles. The van der Waals surface area contributed by atoms with Gasteiger partial charge in [-0.05, 0) is 91.3 Å². The molecule has 8 atom stereocenters. The van der Waals surface area contributed by atoms with Gasteiger partial charge in [0.25, 0.3) is 0 Å². The minimum atomic E-state index is -0.304. The number of carbonyl (C=O) groups is 1. The summed E-state index contributed by atoms with van der Waals surface area (Å²) in [4.78, 5) is 12.1. The summed E-state index contributed by atoms with van der Waals surface area (Å²) >= 11 is 0. The van der Waals surface area contributed by atoms with Crippen LogP contribution in [0, 0.1) is 46.3 Å². The molecule has 0 radical (unpaired) electrons. The van der Waals surface area contributed by atoms with Crippen LogP contribution in [0.25, 0.3) is 0 Å². The summed E-state index contributed by atoms with van der Waals surface area (Å²) in [6.07, 6.45) is 16.5. The average Bonchev–Trinajstić information content (AvgIpc) is 3.15. The molecule has 4 aliphatic rings. The summed E-state index contributed by atoms with van der Waals surface area (Å²) in [6.45, 7) is 13.4. The molecule has 4 aliphatic carbocycles. The molecular weight excluding hydrogens is 443 g/mol. The van der Waals surface area contributed by atoms with Gasteiger partial charge in [-0.3, -0.25) is 0 Å². The van der Waals surface area contributed by atoms with Crippen LogP contribution < -0.4 is 11.1 Å². The summed E-state index contributed by atoms with van der Waals surface area (Å²) in [5.74, 6) is 5.18. The summed E-state index contributed by atoms with van der Waals surface area (Å²) in [7, 11) is 0. The topological polar surface area (TPSA) is 64.3 Å². The van der Waals surface area contributed by atoms with Crippen molar-refractivity contribution in [2.75, 3.05) is 13.1 Å². The van der Waals surface area contributed by atoms with Gasteiger partial charge in [0.2, 0.25) is 0 Å². The second-order valence-electron chi connectivity index (χ2n) is 13.3. The van der Waals surface area contributed by atoms with E-state index in [-0.39, 0.29) is 41.8 Å². The van der Waals surface area contributed by atoms with Crippen molar-refractivity contribution >= 4 is 35.7 Å². The van der Waals surface area contributed by atoms with Crippen molar-refractivity contribution in [2.45, 2.75) is 111 Å². The zero-order valence-corrected chi connectivity index (χ0v) is 22.7. The van der Waals surface area contributed by atoms with Gasteiger partial charge in [-0.1, -0.05) is 65.5 Å². The number of allylic oxidation sites excluding steroid dienone is 1. The number of rotatable bonds is 8. The van der Waals surface area contributed by atoms with E-state index >= 15 is 0 Å². The van der Waals surface area contributed by atoms with E-state index in [1.165, 1.54) is 51.4 Å². The molecule has 0 bridgehead atoms. The molecule has 0 aliphatic heterocycles. The van der Waals surface area contributed by atoms with E-state index in [9.17, 15) is 4.79 Å². The van der Waals surface area contributed by atoms with Gasteiger partial charge in [0.1, 0.15) is 6.10 Å². The van der Waals surface area contributed by atoms with Crippen molar-refractivity contribution in [2.24, 2.45) is 52.1 Å². The predicted molar refractivity (Wildman–Crippen MR) is 148 cm³/mol. The van der Waals surface area contributed by atoms with Gasteiger partial charge >= 0.3 is 35.7 Å². The van der Waals surface area contributed by atoms with Crippen LogP contribution in [0.2, 0.25) is 0 Å². The number of amides is 1. The monoisotopic (exact) mass is 496 g/mol. The van der Waals surface area contributed by atoms with Crippen LogP contribution in [0.5, 0.6) is 0 Å². The maximum atomic E-state index is 12.1. The molecular formula is C30H53N2NaO2. The molecule has 1 amide bonds. The first-order valence-electron chi connectivity index (χ1n) is 14.5. The number of hydrogen-bond donors (Lipinski definition) is 2. The zero-order valence-electron chi connectivity index (χ0n) is 22.7. The van der Waals surface area contributed by atoms with Crippen molar-refractivity contribution < 1.29 is 9.53 Å². The molecule has 0 spiro atoms. The third-order valence-electron chi connectivity index (χ3n) is 10.9. The Morgan fingerprint density at radius 1 is 1.11 bits per heavy atom. The van der Waals surface area contributed by atoms with Crippen LogP contribution in [0.3, 0.4) is 0 Å². The van der Waals surface area contributed by atoms with E-state index in [1.54, 1.807) is 5.57 Å². The Morgan fingerprint density at radius 3 is 2.60 bits per heavy atom. The fraction of sp³-hybridized carbons (Fsp3) is 0.900. The quantitative estimate of drug-likeness (QED) is 0.300. The molecule has 0 saturated heterocycles. The van der Waals surface area contributed by atoms with E-state index in [0.29, 0.717) is 23.9 Å². The summed E-state index contributed by atoms with van der Waals surface area (Å²) in [5, 5.41) is 2.76. The third kappa shape index (κ3) is 6.02. The molecule has 0 aromatic carbocycles. The first-order chi connectivity index (χ1) is 16.2. The van der Waals surface area contributed by atoms with Gasteiger partial charge in [0.05, 0.1) is 0 Å². The Kier molecular flexibility index (Phi) is 10.3. The normalized spacial score (nSPS) is 38.9. The molecule has 35 heavy (non-hydrogen) atoms. The molecule has 4 nitrogen and oxygen atoms in total. The third-order valence-corrected chi connectivity index (χ3v) is 10.9. The van der Waals surface area contributed by atoms with E-state index in [1.807, 2.05) is 0 Å². The summed E-state index contributed by atoms with van der Waals surface area (Å²) in [5.41, 5.74) is 7.93. The standard InChI is InChI=1S/C30H52N2O2.Na.H/c1-20(2)7-6-8-21(3)25-11-12-26-24-10-9-22-19-23(34-28(33)32-18-17-31)13-15-29(22,4)27(24)14-16-30(25,26)5;;/h9,20-21,23-27H,6-8,10-19,31H2,1-5H3,(H,32,33);;/t21-,23+,24+,25-,26+,27+,29+,30-;;/m1../s1. The second kappa shape index (κ2) is 12.2. The number of fused-ring (bicyclic) bond motifs is 5. The molecule has 4 rings (SSSR count). The number of ether oxygens (including phenoxy) is 1. The Labute approximate surface area is 237 Å². The van der Waals surface area contributed by atoms with Gasteiger partial charge in [0.15, 0.2) is 0 Å². The van der Waals surface area contributed by atoms with Gasteiger partial charge in [-0.2, -0.15) is 0 Å². The van der Waals surface area contributed by atoms with Crippen molar-refractivity contribution in [3.05, 3.63) is 11.6 Å². The Morgan fingerprint density at radius 2 is 1.89 bits per heavy atom. The summed E-state index contributed by atoms with van der Waals surface area (Å²) in [6, 6.07) is 0. The van der Waals surface area contributed by atoms with Crippen LogP contribution in [0.15, 0.2) is 11.6 Å². The number of nitrogens with two attached hydrogens (primary N) is 1. The Hall–Kier alpha value is -0.0300. The number of alkyl carbamates (subject to hydrolysis) is 1. The molecule has 0 unspecified atom stereocenters. The molecule has 196 valence electrons. The molecule has 0 heterocycles. The average molecular weight is 497 g/mol. The first kappa shape index (κ1) is 29.5. The first-order valence-corrected chi connectivity index (χ1v) is 14.5. The van der Waals surface area contributed by atoms with Crippen molar-refractivity contribution in [1.29, 1.82) is 0 Å². The Bertz CT molecular complexity index is 755. The maximum absolute atomic E-state index is 12.1. The molecule has 5 heteroatoms. The molecule has 3 fully saturated rings. The number of carbonyl (C=O) groups excluding carboxylic acids is 1. The van der Waals surface area contributed by atoms with E-state index in [2.05, 4.69) is 46.0 Å². The van der Waals surface area contributed by atoms with Crippen LogP contribution in [0.1, 0.15) is 105 Å². The van der Waals surface area contributed by atoms with E-state index < -0.39 is 0 Å². The van der Waals surface area contributed by atoms with Gasteiger partial charge in [0, 0.05) is 19.5 Å². The van der Waals surface area contributed by atoms with Crippen molar-refractivity contribution in [1.82, 2.24) is 5.32 Å². The van der Waals surface area contributed by atoms with Gasteiger partial charge in [-0.15, -0.1) is 0 Å². The zero-order chi connectivity index (χ0) is 24.5. The number of hydrogen-bond acceptors (Lipinski definition) is 3. The van der Waals surface area contributed by atoms with Gasteiger partial charge in [-0.25, -0.2) is 4.79 Å². The molecule has 0 aromatic heterocycles. The van der Waals surface area contributed by atoms with Crippen LogP contribution in [-0.4, -0.2) is 54.8 Å². The van der Waals surface area contributed by atoms with Crippen LogP contribution in [0.4, 0.5) is 4.79 Å². The van der Waals surface area contributed by atoms with E-state index in [0.717, 1.165) is 54.8 Å². The molecule has 3 N–H and O–H groups in total.